The summed E-state index contributed by atoms with van der Waals surface area (Å²) in [6.45, 7) is 0. The third kappa shape index (κ3) is 2.97. The van der Waals surface area contributed by atoms with E-state index in [9.17, 15) is 17.6 Å². The van der Waals surface area contributed by atoms with Crippen molar-refractivity contribution >= 4 is 0 Å². The first-order chi connectivity index (χ1) is 9.41. The predicted molar refractivity (Wildman–Crippen MR) is 65.4 cm³/mol. The van der Waals surface area contributed by atoms with E-state index in [1.807, 2.05) is 0 Å². The Morgan fingerprint density at radius 3 is 2.20 bits per heavy atom. The number of alkyl halides is 3. The Hall–Kier alpha value is -2.35. The van der Waals surface area contributed by atoms with Crippen molar-refractivity contribution in [1.29, 1.82) is 5.26 Å². The summed E-state index contributed by atoms with van der Waals surface area (Å²) in [7, 11) is 0. The molecule has 0 bridgehead atoms. The van der Waals surface area contributed by atoms with Gasteiger partial charge < -0.3 is 0 Å². The molecule has 0 heterocycles. The minimum atomic E-state index is -4.38. The summed E-state index contributed by atoms with van der Waals surface area (Å²) in [4.78, 5) is 0. The third-order valence-corrected chi connectivity index (χ3v) is 2.89. The maximum absolute atomic E-state index is 13.4. The van der Waals surface area contributed by atoms with Crippen molar-refractivity contribution in [3.05, 3.63) is 70.5 Å². The lowest BCUT2D eigenvalue weighted by Gasteiger charge is -2.08. The van der Waals surface area contributed by atoms with Crippen molar-refractivity contribution < 1.29 is 17.6 Å². The summed E-state index contributed by atoms with van der Waals surface area (Å²) in [6, 6.07) is 10.6. The normalized spacial score (nSPS) is 11.2. The van der Waals surface area contributed by atoms with Gasteiger partial charge in [-0.2, -0.15) is 18.4 Å². The summed E-state index contributed by atoms with van der Waals surface area (Å²) in [5.74, 6) is -0.628. The predicted octanol–water partition coefficient (Wildman–Crippen LogP) is 4.31. The lowest BCUT2D eigenvalue weighted by atomic mass is 9.99. The van der Waals surface area contributed by atoms with E-state index in [0.29, 0.717) is 11.1 Å². The van der Waals surface area contributed by atoms with Crippen LogP contribution in [0.4, 0.5) is 17.6 Å². The van der Waals surface area contributed by atoms with Gasteiger partial charge in [-0.15, -0.1) is 0 Å². The fourth-order valence-electron chi connectivity index (χ4n) is 1.87. The molecule has 2 aromatic rings. The molecular formula is C15H9F4N. The molecule has 1 nitrogen and oxygen atoms in total. The van der Waals surface area contributed by atoms with Crippen molar-refractivity contribution in [2.75, 3.05) is 0 Å². The second-order valence-electron chi connectivity index (χ2n) is 4.26. The summed E-state index contributed by atoms with van der Waals surface area (Å²) in [6.07, 6.45) is -4.17. The van der Waals surface area contributed by atoms with Crippen LogP contribution in [0.15, 0.2) is 42.5 Å². The van der Waals surface area contributed by atoms with Crippen molar-refractivity contribution in [2.24, 2.45) is 0 Å². The Labute approximate surface area is 113 Å². The third-order valence-electron chi connectivity index (χ3n) is 2.89. The summed E-state index contributed by atoms with van der Waals surface area (Å²) >= 11 is 0. The molecule has 0 aromatic heterocycles. The van der Waals surface area contributed by atoms with E-state index in [1.54, 1.807) is 12.1 Å². The Bertz CT molecular complexity index is 651. The van der Waals surface area contributed by atoms with Gasteiger partial charge in [0.25, 0.3) is 0 Å². The van der Waals surface area contributed by atoms with Gasteiger partial charge >= 0.3 is 6.18 Å². The smallest absolute Gasteiger partial charge is 0.206 e. The van der Waals surface area contributed by atoms with Crippen LogP contribution in [-0.2, 0) is 12.6 Å². The molecule has 0 fully saturated rings. The van der Waals surface area contributed by atoms with Gasteiger partial charge in [-0.25, -0.2) is 4.39 Å². The lowest BCUT2D eigenvalue weighted by molar-refractivity contribution is -0.137. The van der Waals surface area contributed by atoms with Crippen LogP contribution in [0.25, 0.3) is 0 Å². The number of nitriles is 1. The molecule has 0 radical (unpaired) electrons. The SMILES string of the molecule is N#Cc1c(F)cccc1Cc1ccc(C(F)(F)F)cc1. The fourth-order valence-corrected chi connectivity index (χ4v) is 1.87. The van der Waals surface area contributed by atoms with Crippen LogP contribution >= 0.6 is 0 Å². The van der Waals surface area contributed by atoms with Crippen LogP contribution in [0.1, 0.15) is 22.3 Å². The molecule has 0 atom stereocenters. The number of hydrogen-bond donors (Lipinski definition) is 0. The van der Waals surface area contributed by atoms with Gasteiger partial charge in [0, 0.05) is 0 Å². The Balaban J connectivity index is 2.28. The van der Waals surface area contributed by atoms with Crippen LogP contribution in [0.2, 0.25) is 0 Å². The molecule has 2 aromatic carbocycles. The minimum absolute atomic E-state index is 0.0765. The Morgan fingerprint density at radius 2 is 1.65 bits per heavy atom. The second kappa shape index (κ2) is 5.33. The van der Waals surface area contributed by atoms with Crippen LogP contribution < -0.4 is 0 Å². The molecule has 2 rings (SSSR count). The maximum Gasteiger partial charge on any atom is 0.416 e. The zero-order valence-corrected chi connectivity index (χ0v) is 10.2. The molecule has 0 aliphatic rings. The zero-order chi connectivity index (χ0) is 14.8. The number of rotatable bonds is 2. The van der Waals surface area contributed by atoms with Crippen LogP contribution in [0.5, 0.6) is 0 Å². The highest BCUT2D eigenvalue weighted by Crippen LogP contribution is 2.29. The van der Waals surface area contributed by atoms with E-state index < -0.39 is 17.6 Å². The molecule has 0 aliphatic carbocycles. The van der Waals surface area contributed by atoms with Gasteiger partial charge in [0.15, 0.2) is 0 Å². The highest BCUT2D eigenvalue weighted by Gasteiger charge is 2.29. The van der Waals surface area contributed by atoms with Gasteiger partial charge in [0.2, 0.25) is 0 Å². The summed E-state index contributed by atoms with van der Waals surface area (Å²) < 4.78 is 50.7. The molecule has 20 heavy (non-hydrogen) atoms. The standard InChI is InChI=1S/C15H9F4N/c16-14-3-1-2-11(13(14)9-20)8-10-4-6-12(7-5-10)15(17,18)19/h1-7H,8H2. The molecule has 5 heteroatoms. The van der Waals surface area contributed by atoms with Crippen molar-refractivity contribution in [1.82, 2.24) is 0 Å². The average molecular weight is 279 g/mol. The molecule has 0 aliphatic heterocycles. The minimum Gasteiger partial charge on any atom is -0.206 e. The Morgan fingerprint density at radius 1 is 1.00 bits per heavy atom. The van der Waals surface area contributed by atoms with E-state index in [0.717, 1.165) is 12.1 Å². The van der Waals surface area contributed by atoms with Crippen LogP contribution in [0.3, 0.4) is 0 Å². The monoisotopic (exact) mass is 279 g/mol. The molecular weight excluding hydrogens is 270 g/mol. The maximum atomic E-state index is 13.4. The van der Waals surface area contributed by atoms with Gasteiger partial charge in [-0.1, -0.05) is 24.3 Å². The van der Waals surface area contributed by atoms with Gasteiger partial charge in [-0.05, 0) is 35.7 Å². The fraction of sp³-hybridized carbons (Fsp3) is 0.133. The van der Waals surface area contributed by atoms with E-state index >= 15 is 0 Å². The quantitative estimate of drug-likeness (QED) is 0.751. The average Bonchev–Trinajstić information content (AvgIpc) is 2.38. The first-order valence-electron chi connectivity index (χ1n) is 5.75. The first kappa shape index (κ1) is 14.1. The van der Waals surface area contributed by atoms with Crippen molar-refractivity contribution in [3.8, 4) is 6.07 Å². The van der Waals surface area contributed by atoms with Gasteiger partial charge in [0.05, 0.1) is 11.1 Å². The Kier molecular flexibility index (Phi) is 3.75. The highest BCUT2D eigenvalue weighted by atomic mass is 19.4. The van der Waals surface area contributed by atoms with Gasteiger partial charge in [-0.3, -0.25) is 0 Å². The van der Waals surface area contributed by atoms with E-state index in [4.69, 9.17) is 5.26 Å². The molecule has 102 valence electrons. The molecule has 0 N–H and O–H groups in total. The van der Waals surface area contributed by atoms with E-state index in [1.165, 1.54) is 24.3 Å². The van der Waals surface area contributed by atoms with Crippen molar-refractivity contribution in [3.63, 3.8) is 0 Å². The zero-order valence-electron chi connectivity index (χ0n) is 10.2. The first-order valence-corrected chi connectivity index (χ1v) is 5.75. The molecule has 0 amide bonds. The number of nitrogens with zero attached hydrogens (tertiary/aromatic N) is 1. The topological polar surface area (TPSA) is 23.8 Å². The van der Waals surface area contributed by atoms with Crippen molar-refractivity contribution in [2.45, 2.75) is 12.6 Å². The molecule has 0 saturated heterocycles. The van der Waals surface area contributed by atoms with E-state index in [2.05, 4.69) is 0 Å². The number of halogens is 4. The largest absolute Gasteiger partial charge is 0.416 e. The second-order valence-corrected chi connectivity index (χ2v) is 4.26. The number of benzene rings is 2. The van der Waals surface area contributed by atoms with Gasteiger partial charge in [0.1, 0.15) is 11.9 Å². The van der Waals surface area contributed by atoms with Crippen LogP contribution in [0, 0.1) is 17.1 Å². The number of hydrogen-bond acceptors (Lipinski definition) is 1. The molecule has 0 unspecified atom stereocenters. The molecule has 0 saturated carbocycles. The highest BCUT2D eigenvalue weighted by molar-refractivity contribution is 5.42. The lowest BCUT2D eigenvalue weighted by Crippen LogP contribution is -2.04. The van der Waals surface area contributed by atoms with Crippen LogP contribution in [-0.4, -0.2) is 0 Å². The summed E-state index contributed by atoms with van der Waals surface area (Å²) in [5.41, 5.74) is 0.223. The molecule has 0 spiro atoms. The van der Waals surface area contributed by atoms with E-state index in [-0.39, 0.29) is 12.0 Å². The summed E-state index contributed by atoms with van der Waals surface area (Å²) in [5, 5.41) is 8.89.